The second-order valence-corrected chi connectivity index (χ2v) is 9.06. The van der Waals surface area contributed by atoms with Crippen molar-refractivity contribution < 1.29 is 14.2 Å². The van der Waals surface area contributed by atoms with Gasteiger partial charge >= 0.3 is 6.01 Å². The Morgan fingerprint density at radius 1 is 1.11 bits per heavy atom. The van der Waals surface area contributed by atoms with E-state index >= 15 is 0 Å². The van der Waals surface area contributed by atoms with Crippen LogP contribution in [0.2, 0.25) is 0 Å². The topological polar surface area (TPSA) is 110 Å². The van der Waals surface area contributed by atoms with Crippen LogP contribution >= 0.6 is 11.8 Å². The van der Waals surface area contributed by atoms with Gasteiger partial charge in [0.2, 0.25) is 5.95 Å². The van der Waals surface area contributed by atoms with Crippen LogP contribution in [0.15, 0.2) is 53.8 Å². The molecule has 1 saturated heterocycles. The molecule has 2 aromatic heterocycles. The lowest BCUT2D eigenvalue weighted by atomic mass is 10.1. The number of hydrazone groups is 1. The number of hydrogen-bond donors (Lipinski definition) is 2. The van der Waals surface area contributed by atoms with Gasteiger partial charge in [-0.15, -0.1) is 11.8 Å². The molecule has 0 saturated carbocycles. The van der Waals surface area contributed by atoms with E-state index in [9.17, 15) is 0 Å². The smallest absolute Gasteiger partial charge is 0.323 e. The first-order chi connectivity index (χ1) is 17.7. The minimum atomic E-state index is 0.252. The summed E-state index contributed by atoms with van der Waals surface area (Å²) in [6.07, 6.45) is 4.31. The van der Waals surface area contributed by atoms with Crippen molar-refractivity contribution in [3.05, 3.63) is 59.8 Å². The van der Waals surface area contributed by atoms with E-state index in [0.717, 1.165) is 40.2 Å². The molecule has 0 unspecified atom stereocenters. The first kappa shape index (κ1) is 23.7. The number of methoxy groups -OCH3 is 2. The van der Waals surface area contributed by atoms with E-state index in [1.54, 1.807) is 20.4 Å². The second kappa shape index (κ2) is 11.2. The van der Waals surface area contributed by atoms with Gasteiger partial charge in [-0.25, -0.2) is 5.43 Å². The van der Waals surface area contributed by atoms with Crippen LogP contribution in [0.5, 0.6) is 17.5 Å². The molecule has 0 radical (unpaired) electrons. The van der Waals surface area contributed by atoms with Crippen molar-refractivity contribution in [3.8, 4) is 17.5 Å². The molecule has 0 bridgehead atoms. The molecule has 10 nitrogen and oxygen atoms in total. The number of nitrogens with one attached hydrogen (secondary N) is 2. The SMILES string of the molecule is COc1ccc(CCOc2nc(N/N=C/c3c[nH]c4ccccc34)nc(N3CCSC3)n2)cc1OC. The number of ether oxygens (including phenoxy) is 3. The minimum absolute atomic E-state index is 0.252. The van der Waals surface area contributed by atoms with Gasteiger partial charge in [-0.3, -0.25) is 0 Å². The summed E-state index contributed by atoms with van der Waals surface area (Å²) >= 11 is 1.84. The fourth-order valence-corrected chi connectivity index (χ4v) is 4.77. The number of rotatable bonds is 10. The molecule has 5 rings (SSSR count). The highest BCUT2D eigenvalue weighted by Crippen LogP contribution is 2.28. The van der Waals surface area contributed by atoms with E-state index in [4.69, 9.17) is 14.2 Å². The van der Waals surface area contributed by atoms with Crippen molar-refractivity contribution in [1.82, 2.24) is 19.9 Å². The Hall–Kier alpha value is -3.99. The van der Waals surface area contributed by atoms with Crippen molar-refractivity contribution in [2.24, 2.45) is 5.10 Å². The summed E-state index contributed by atoms with van der Waals surface area (Å²) in [6.45, 7) is 1.27. The van der Waals surface area contributed by atoms with Crippen molar-refractivity contribution in [3.63, 3.8) is 0 Å². The average molecular weight is 506 g/mol. The van der Waals surface area contributed by atoms with E-state index in [1.165, 1.54) is 0 Å². The number of hydrogen-bond acceptors (Lipinski definition) is 10. The van der Waals surface area contributed by atoms with E-state index in [2.05, 4.69) is 35.4 Å². The summed E-state index contributed by atoms with van der Waals surface area (Å²) in [7, 11) is 3.24. The molecule has 0 spiro atoms. The monoisotopic (exact) mass is 505 g/mol. The first-order valence-electron chi connectivity index (χ1n) is 11.5. The molecule has 1 aliphatic heterocycles. The lowest BCUT2D eigenvalue weighted by Gasteiger charge is -2.15. The highest BCUT2D eigenvalue weighted by molar-refractivity contribution is 7.99. The number of H-pyrrole nitrogens is 1. The van der Waals surface area contributed by atoms with Gasteiger partial charge in [0.25, 0.3) is 5.95 Å². The minimum Gasteiger partial charge on any atom is -0.493 e. The summed E-state index contributed by atoms with van der Waals surface area (Å²) < 4.78 is 16.6. The molecule has 3 heterocycles. The molecule has 186 valence electrons. The molecule has 0 atom stereocenters. The van der Waals surface area contributed by atoms with Gasteiger partial charge in [-0.1, -0.05) is 24.3 Å². The second-order valence-electron chi connectivity index (χ2n) is 7.99. The molecular weight excluding hydrogens is 478 g/mol. The molecule has 36 heavy (non-hydrogen) atoms. The molecule has 2 N–H and O–H groups in total. The zero-order valence-electron chi connectivity index (χ0n) is 20.1. The van der Waals surface area contributed by atoms with Crippen molar-refractivity contribution in [2.45, 2.75) is 6.42 Å². The zero-order chi connectivity index (χ0) is 24.7. The van der Waals surface area contributed by atoms with Crippen LogP contribution in [-0.2, 0) is 6.42 Å². The third-order valence-electron chi connectivity index (χ3n) is 5.70. The van der Waals surface area contributed by atoms with Crippen molar-refractivity contribution in [1.29, 1.82) is 0 Å². The standard InChI is InChI=1S/C25H27N7O3S/c1-33-21-8-7-17(13-22(21)34-2)9-11-35-25-29-23(28-24(30-25)32-10-12-36-16-32)31-27-15-18-14-26-20-6-4-3-5-19(18)20/h3-8,13-15,26H,9-12,16H2,1-2H3,(H,28,29,30,31)/b27-15+. The van der Waals surface area contributed by atoms with Crippen LogP contribution in [0.3, 0.4) is 0 Å². The molecule has 2 aromatic carbocycles. The Kier molecular flexibility index (Phi) is 7.36. The molecule has 0 amide bonds. The summed E-state index contributed by atoms with van der Waals surface area (Å²) in [5.74, 6) is 4.13. The number of anilines is 2. The maximum Gasteiger partial charge on any atom is 0.323 e. The number of benzene rings is 2. The van der Waals surface area contributed by atoms with Gasteiger partial charge in [-0.2, -0.15) is 20.1 Å². The number of nitrogens with zero attached hydrogens (tertiary/aromatic N) is 5. The summed E-state index contributed by atoms with van der Waals surface area (Å²) in [5.41, 5.74) is 6.01. The average Bonchev–Trinajstić information content (AvgIpc) is 3.59. The van der Waals surface area contributed by atoms with Gasteiger partial charge in [-0.05, 0) is 23.8 Å². The highest BCUT2D eigenvalue weighted by Gasteiger charge is 2.18. The number of aromatic nitrogens is 4. The maximum atomic E-state index is 5.93. The number of fused-ring (bicyclic) bond motifs is 1. The van der Waals surface area contributed by atoms with Gasteiger partial charge in [0, 0.05) is 41.4 Å². The number of aromatic amines is 1. The lowest BCUT2D eigenvalue weighted by Crippen LogP contribution is -2.22. The molecular formula is C25H27N7O3S. The van der Waals surface area contributed by atoms with E-state index in [1.807, 2.05) is 60.4 Å². The quantitative estimate of drug-likeness (QED) is 0.245. The lowest BCUT2D eigenvalue weighted by molar-refractivity contribution is 0.295. The Balaban J connectivity index is 1.29. The van der Waals surface area contributed by atoms with E-state index < -0.39 is 0 Å². The Labute approximate surface area is 213 Å². The van der Waals surface area contributed by atoms with Crippen molar-refractivity contribution in [2.75, 3.05) is 49.3 Å². The van der Waals surface area contributed by atoms with Crippen molar-refractivity contribution >= 4 is 40.8 Å². The van der Waals surface area contributed by atoms with E-state index in [0.29, 0.717) is 36.4 Å². The normalized spacial score (nSPS) is 13.4. The summed E-state index contributed by atoms with van der Waals surface area (Å²) in [5, 5.41) is 5.44. The van der Waals surface area contributed by atoms with Gasteiger partial charge < -0.3 is 24.1 Å². The largest absolute Gasteiger partial charge is 0.493 e. The van der Waals surface area contributed by atoms with Crippen LogP contribution in [0, 0.1) is 0 Å². The van der Waals surface area contributed by atoms with Crippen LogP contribution < -0.4 is 24.5 Å². The van der Waals surface area contributed by atoms with Gasteiger partial charge in [0.15, 0.2) is 11.5 Å². The predicted molar refractivity (Wildman–Crippen MR) is 143 cm³/mol. The van der Waals surface area contributed by atoms with Crippen LogP contribution in [-0.4, -0.2) is 65.2 Å². The van der Waals surface area contributed by atoms with E-state index in [-0.39, 0.29) is 6.01 Å². The number of thioether (sulfide) groups is 1. The molecule has 11 heteroatoms. The molecule has 0 aliphatic carbocycles. The number of para-hydroxylation sites is 1. The first-order valence-corrected chi connectivity index (χ1v) is 12.7. The fraction of sp³-hybridized carbons (Fsp3) is 0.280. The summed E-state index contributed by atoms with van der Waals surface area (Å²) in [6, 6.07) is 14.1. The predicted octanol–water partition coefficient (Wildman–Crippen LogP) is 3.95. The van der Waals surface area contributed by atoms with Gasteiger partial charge in [0.1, 0.15) is 0 Å². The highest BCUT2D eigenvalue weighted by atomic mass is 32.2. The Morgan fingerprint density at radius 3 is 2.83 bits per heavy atom. The third kappa shape index (κ3) is 5.46. The summed E-state index contributed by atoms with van der Waals surface area (Å²) in [4.78, 5) is 18.8. The molecule has 1 fully saturated rings. The maximum absolute atomic E-state index is 5.93. The third-order valence-corrected chi connectivity index (χ3v) is 6.66. The Bertz CT molecular complexity index is 1350. The Morgan fingerprint density at radius 2 is 2.00 bits per heavy atom. The molecule has 1 aliphatic rings. The van der Waals surface area contributed by atoms with Crippen LogP contribution in [0.4, 0.5) is 11.9 Å². The molecule has 4 aromatic rings. The van der Waals surface area contributed by atoms with Crippen LogP contribution in [0.25, 0.3) is 10.9 Å². The van der Waals surface area contributed by atoms with Gasteiger partial charge in [0.05, 0.1) is 32.9 Å². The zero-order valence-corrected chi connectivity index (χ0v) is 20.9. The fourth-order valence-electron chi connectivity index (χ4n) is 3.83. The van der Waals surface area contributed by atoms with Crippen LogP contribution in [0.1, 0.15) is 11.1 Å².